The molecule has 0 bridgehead atoms. The lowest BCUT2D eigenvalue weighted by Gasteiger charge is -2.37. The highest BCUT2D eigenvalue weighted by atomic mass is 28.3. The van der Waals surface area contributed by atoms with Crippen LogP contribution in [0.25, 0.3) is 0 Å². The molecule has 17 heavy (non-hydrogen) atoms. The van der Waals surface area contributed by atoms with Gasteiger partial charge < -0.3 is 5.32 Å². The van der Waals surface area contributed by atoms with E-state index in [0.717, 1.165) is 11.7 Å². The Morgan fingerprint density at radius 1 is 1.24 bits per heavy atom. The Bertz CT molecular complexity index is 431. The molecule has 90 valence electrons. The van der Waals surface area contributed by atoms with E-state index in [0.29, 0.717) is 0 Å². The minimum absolute atomic E-state index is 0.111. The molecule has 2 nitrogen and oxygen atoms in total. The monoisotopic (exact) mass is 244 g/mol. The lowest BCUT2D eigenvalue weighted by Crippen LogP contribution is -2.45. The quantitative estimate of drug-likeness (QED) is 0.825. The van der Waals surface area contributed by atoms with E-state index in [2.05, 4.69) is 54.2 Å². The van der Waals surface area contributed by atoms with Crippen LogP contribution in [0.3, 0.4) is 0 Å². The molecule has 3 heteroatoms. The molecule has 0 amide bonds. The van der Waals surface area contributed by atoms with Crippen molar-refractivity contribution in [3.63, 3.8) is 0 Å². The molecule has 1 aromatic rings. The smallest absolute Gasteiger partial charge is 0.0956 e. The van der Waals surface area contributed by atoms with Gasteiger partial charge in [0.15, 0.2) is 0 Å². The maximum absolute atomic E-state index is 4.53. The molecule has 2 rings (SSSR count). The molecule has 0 aliphatic carbocycles. The molecule has 0 saturated heterocycles. The largest absolute Gasteiger partial charge is 0.377 e. The van der Waals surface area contributed by atoms with E-state index in [4.69, 9.17) is 0 Å². The molecule has 0 aromatic carbocycles. The number of dihydropyridines is 1. The van der Waals surface area contributed by atoms with E-state index >= 15 is 0 Å². The summed E-state index contributed by atoms with van der Waals surface area (Å²) < 4.78 is 0. The molecule has 2 heterocycles. The van der Waals surface area contributed by atoms with Crippen molar-refractivity contribution in [2.24, 2.45) is 0 Å². The number of aromatic nitrogens is 1. The van der Waals surface area contributed by atoms with Gasteiger partial charge in [0.05, 0.1) is 11.2 Å². The van der Waals surface area contributed by atoms with Gasteiger partial charge in [-0.2, -0.15) is 0 Å². The molecule has 1 unspecified atom stereocenters. The molecule has 0 saturated carbocycles. The average Bonchev–Trinajstić information content (AvgIpc) is 2.29. The fourth-order valence-corrected chi connectivity index (χ4v) is 4.42. The maximum Gasteiger partial charge on any atom is 0.0956 e. The van der Waals surface area contributed by atoms with Crippen molar-refractivity contribution in [1.29, 1.82) is 0 Å². The SMILES string of the molecule is C[Si](C)(C)CC1(c2ccccn2)C=CC=CN1. The van der Waals surface area contributed by atoms with Gasteiger partial charge in [0.2, 0.25) is 0 Å². The van der Waals surface area contributed by atoms with Crippen molar-refractivity contribution in [2.45, 2.75) is 31.2 Å². The Balaban J connectivity index is 2.38. The molecule has 1 aliphatic heterocycles. The molecule has 0 spiro atoms. The van der Waals surface area contributed by atoms with Crippen molar-refractivity contribution in [3.8, 4) is 0 Å². The van der Waals surface area contributed by atoms with Crippen molar-refractivity contribution < 1.29 is 0 Å². The van der Waals surface area contributed by atoms with Gasteiger partial charge in [0, 0.05) is 14.3 Å². The van der Waals surface area contributed by atoms with Crippen LogP contribution >= 0.6 is 0 Å². The molecule has 1 aliphatic rings. The number of nitrogens with one attached hydrogen (secondary N) is 1. The third kappa shape index (κ3) is 2.85. The fourth-order valence-electron chi connectivity index (χ4n) is 2.34. The third-order valence-electron chi connectivity index (χ3n) is 2.86. The summed E-state index contributed by atoms with van der Waals surface area (Å²) in [6.45, 7) is 7.18. The minimum atomic E-state index is -1.19. The van der Waals surface area contributed by atoms with Gasteiger partial charge in [-0.15, -0.1) is 0 Å². The Morgan fingerprint density at radius 3 is 2.59 bits per heavy atom. The van der Waals surface area contributed by atoms with Crippen LogP contribution in [0.15, 0.2) is 48.8 Å². The Kier molecular flexibility index (Phi) is 3.20. The van der Waals surface area contributed by atoms with Gasteiger partial charge >= 0.3 is 0 Å². The fraction of sp³-hybridized carbons (Fsp3) is 0.357. The lowest BCUT2D eigenvalue weighted by atomic mass is 9.94. The highest BCUT2D eigenvalue weighted by molar-refractivity contribution is 6.76. The number of hydrogen-bond donors (Lipinski definition) is 1. The first-order valence-electron chi connectivity index (χ1n) is 6.05. The second-order valence-corrected chi connectivity index (χ2v) is 11.3. The predicted octanol–water partition coefficient (Wildman–Crippen LogP) is 3.29. The summed E-state index contributed by atoms with van der Waals surface area (Å²) in [6.07, 6.45) is 10.3. The highest BCUT2D eigenvalue weighted by Gasteiger charge is 2.35. The van der Waals surface area contributed by atoms with Crippen LogP contribution in [0.4, 0.5) is 0 Å². The first kappa shape index (κ1) is 12.1. The zero-order valence-corrected chi connectivity index (χ0v) is 11.8. The molecule has 1 aromatic heterocycles. The molecule has 0 fully saturated rings. The van der Waals surface area contributed by atoms with Gasteiger partial charge in [0.25, 0.3) is 0 Å². The highest BCUT2D eigenvalue weighted by Crippen LogP contribution is 2.32. The van der Waals surface area contributed by atoms with Crippen LogP contribution in [0.2, 0.25) is 25.7 Å². The number of pyridine rings is 1. The summed E-state index contributed by atoms with van der Waals surface area (Å²) in [7, 11) is -1.19. The second-order valence-electron chi connectivity index (χ2n) is 5.79. The number of allylic oxidation sites excluding steroid dienone is 2. The first-order valence-corrected chi connectivity index (χ1v) is 9.76. The van der Waals surface area contributed by atoms with Gasteiger partial charge in [-0.25, -0.2) is 0 Å². The lowest BCUT2D eigenvalue weighted by molar-refractivity contribution is 0.500. The molecule has 1 atom stereocenters. The average molecular weight is 244 g/mol. The van der Waals surface area contributed by atoms with Crippen LogP contribution in [0, 0.1) is 0 Å². The summed E-state index contributed by atoms with van der Waals surface area (Å²) in [6, 6.07) is 7.28. The number of hydrogen-bond acceptors (Lipinski definition) is 2. The van der Waals surface area contributed by atoms with Gasteiger partial charge in [-0.1, -0.05) is 37.9 Å². The zero-order valence-electron chi connectivity index (χ0n) is 10.8. The first-order chi connectivity index (χ1) is 8.02. The third-order valence-corrected chi connectivity index (χ3v) is 4.48. The zero-order chi connectivity index (χ0) is 12.4. The van der Waals surface area contributed by atoms with Crippen molar-refractivity contribution in [3.05, 3.63) is 54.5 Å². The van der Waals surface area contributed by atoms with E-state index in [1.54, 1.807) is 0 Å². The van der Waals surface area contributed by atoms with Crippen LogP contribution in [-0.2, 0) is 5.54 Å². The van der Waals surface area contributed by atoms with Crippen LogP contribution in [0.5, 0.6) is 0 Å². The number of rotatable bonds is 3. The Hall–Kier alpha value is -1.35. The minimum Gasteiger partial charge on any atom is -0.377 e. The normalized spacial score (nSPS) is 23.5. The standard InChI is InChI=1S/C14H20N2Si/c1-17(2,3)12-14(9-5-7-11-16-14)13-8-4-6-10-15-13/h4-11,16H,12H2,1-3H3. The predicted molar refractivity (Wildman–Crippen MR) is 75.5 cm³/mol. The number of nitrogens with zero attached hydrogens (tertiary/aromatic N) is 1. The summed E-state index contributed by atoms with van der Waals surface area (Å²) in [5, 5.41) is 3.51. The van der Waals surface area contributed by atoms with Crippen molar-refractivity contribution in [2.75, 3.05) is 0 Å². The molecular weight excluding hydrogens is 224 g/mol. The Labute approximate surface area is 104 Å². The van der Waals surface area contributed by atoms with E-state index in [1.165, 1.54) is 0 Å². The van der Waals surface area contributed by atoms with Crippen LogP contribution in [0.1, 0.15) is 5.69 Å². The summed E-state index contributed by atoms with van der Waals surface area (Å²) in [4.78, 5) is 4.53. The molecule has 0 radical (unpaired) electrons. The second kappa shape index (κ2) is 4.49. The van der Waals surface area contributed by atoms with E-state index in [-0.39, 0.29) is 5.54 Å². The van der Waals surface area contributed by atoms with Gasteiger partial charge in [0.1, 0.15) is 0 Å². The van der Waals surface area contributed by atoms with Gasteiger partial charge in [-0.3, -0.25) is 4.98 Å². The van der Waals surface area contributed by atoms with E-state index in [1.807, 2.05) is 24.5 Å². The summed E-state index contributed by atoms with van der Waals surface area (Å²) >= 11 is 0. The topological polar surface area (TPSA) is 24.9 Å². The van der Waals surface area contributed by atoms with Crippen LogP contribution in [-0.4, -0.2) is 13.1 Å². The maximum atomic E-state index is 4.53. The van der Waals surface area contributed by atoms with E-state index < -0.39 is 8.07 Å². The Morgan fingerprint density at radius 2 is 2.06 bits per heavy atom. The summed E-state index contributed by atoms with van der Waals surface area (Å²) in [5.74, 6) is 0. The van der Waals surface area contributed by atoms with Crippen molar-refractivity contribution >= 4 is 8.07 Å². The molecular formula is C14H20N2Si. The van der Waals surface area contributed by atoms with Crippen molar-refractivity contribution in [1.82, 2.24) is 10.3 Å². The van der Waals surface area contributed by atoms with Gasteiger partial charge in [-0.05, 0) is 30.5 Å². The van der Waals surface area contributed by atoms with E-state index in [9.17, 15) is 0 Å². The molecule has 1 N–H and O–H groups in total. The summed E-state index contributed by atoms with van der Waals surface area (Å²) in [5.41, 5.74) is 1.00. The van der Waals surface area contributed by atoms with Crippen LogP contribution < -0.4 is 5.32 Å².